The number of rotatable bonds is 4. The van der Waals surface area contributed by atoms with Gasteiger partial charge in [0.05, 0.1) is 26.2 Å². The number of nitrogens with zero attached hydrogens (tertiary/aromatic N) is 3. The van der Waals surface area contributed by atoms with Crippen molar-refractivity contribution in [2.75, 3.05) is 19.6 Å². The van der Waals surface area contributed by atoms with Crippen molar-refractivity contribution >= 4 is 37.7 Å². The zero-order valence-electron chi connectivity index (χ0n) is 23.5. The van der Waals surface area contributed by atoms with Crippen LogP contribution in [0.4, 0.5) is 4.79 Å². The van der Waals surface area contributed by atoms with Gasteiger partial charge in [0.15, 0.2) is 0 Å². The molecule has 3 heterocycles. The molecule has 0 saturated carbocycles. The zero-order chi connectivity index (χ0) is 27.9. The number of aryl methyl sites for hydroxylation is 1. The number of ether oxygens (including phenoxy) is 1. The van der Waals surface area contributed by atoms with E-state index in [-0.39, 0.29) is 12.1 Å². The van der Waals surface area contributed by atoms with Crippen LogP contribution in [0.2, 0.25) is 0 Å². The molecule has 0 bridgehead atoms. The molecule has 210 valence electrons. The minimum absolute atomic E-state index is 0.209. The van der Waals surface area contributed by atoms with E-state index in [0.29, 0.717) is 36.4 Å². The first kappa shape index (κ1) is 28.1. The highest BCUT2D eigenvalue weighted by Crippen LogP contribution is 2.40. The van der Waals surface area contributed by atoms with Gasteiger partial charge in [0.25, 0.3) is 0 Å². The number of carbonyl (C=O) groups excluding carboxylic acids is 1. The third-order valence-corrected chi connectivity index (χ3v) is 10.8. The van der Waals surface area contributed by atoms with Crippen molar-refractivity contribution in [2.45, 2.75) is 82.8 Å². The van der Waals surface area contributed by atoms with Gasteiger partial charge in [-0.3, -0.25) is 0 Å². The summed E-state index contributed by atoms with van der Waals surface area (Å²) in [6.07, 6.45) is 3.24. The van der Waals surface area contributed by atoms with E-state index in [2.05, 4.69) is 25.1 Å². The lowest BCUT2D eigenvalue weighted by atomic mass is 9.92. The lowest BCUT2D eigenvalue weighted by Gasteiger charge is -2.38. The minimum atomic E-state index is -3.63. The predicted molar refractivity (Wildman–Crippen MR) is 156 cm³/mol. The van der Waals surface area contributed by atoms with Gasteiger partial charge in [-0.2, -0.15) is 4.31 Å². The van der Waals surface area contributed by atoms with Crippen molar-refractivity contribution in [3.05, 3.63) is 58.6 Å². The third kappa shape index (κ3) is 6.15. The van der Waals surface area contributed by atoms with Crippen LogP contribution in [0.1, 0.15) is 81.5 Å². The van der Waals surface area contributed by atoms with Crippen LogP contribution in [-0.2, 0) is 14.8 Å². The molecule has 39 heavy (non-hydrogen) atoms. The number of benzene rings is 2. The second-order valence-corrected chi connectivity index (χ2v) is 15.1. The summed E-state index contributed by atoms with van der Waals surface area (Å²) in [5, 5.41) is 1.09. The molecule has 2 fully saturated rings. The standard InChI is InChI=1S/C30H39N3O4S2/c1-20-6-10-24(11-7-20)39(35,36)33-19-21(2)8-12-26(33)23-9-13-27-25(18-23)31-28(38-27)22-14-16-32(17-15-22)29(34)37-30(3,4)5/h6-7,9-11,13,18,21-22,26H,8,12,14-17,19H2,1-5H3/t21-,26?/m0/s1. The summed E-state index contributed by atoms with van der Waals surface area (Å²) in [5.74, 6) is 0.612. The lowest BCUT2D eigenvalue weighted by molar-refractivity contribution is 0.0205. The SMILES string of the molecule is Cc1ccc(S(=O)(=O)N2C[C@@H](C)CCC2c2ccc3sc(C4CCN(C(=O)OC(C)(C)C)CC4)nc3c2)cc1. The molecule has 2 aliphatic rings. The Balaban J connectivity index is 1.35. The number of carbonyl (C=O) groups is 1. The molecule has 2 aliphatic heterocycles. The van der Waals surface area contributed by atoms with Crippen molar-refractivity contribution in [1.82, 2.24) is 14.2 Å². The Labute approximate surface area is 236 Å². The highest BCUT2D eigenvalue weighted by atomic mass is 32.2. The molecule has 3 aromatic rings. The maximum atomic E-state index is 13.7. The minimum Gasteiger partial charge on any atom is -0.444 e. The Morgan fingerprint density at radius 1 is 1.03 bits per heavy atom. The predicted octanol–water partition coefficient (Wildman–Crippen LogP) is 6.88. The molecule has 0 N–H and O–H groups in total. The van der Waals surface area contributed by atoms with Gasteiger partial charge in [-0.25, -0.2) is 18.2 Å². The van der Waals surface area contributed by atoms with Gasteiger partial charge in [-0.1, -0.05) is 30.7 Å². The smallest absolute Gasteiger partial charge is 0.410 e. The fourth-order valence-corrected chi connectivity index (χ4v) is 8.42. The number of hydrogen-bond acceptors (Lipinski definition) is 6. The molecule has 5 rings (SSSR count). The molecule has 1 amide bonds. The summed E-state index contributed by atoms with van der Waals surface area (Å²) in [7, 11) is -3.63. The summed E-state index contributed by atoms with van der Waals surface area (Å²) in [6, 6.07) is 13.2. The zero-order valence-corrected chi connectivity index (χ0v) is 25.1. The van der Waals surface area contributed by atoms with Crippen LogP contribution in [-0.4, -0.2) is 53.9 Å². The number of sulfonamides is 1. The van der Waals surface area contributed by atoms with E-state index in [4.69, 9.17) is 9.72 Å². The van der Waals surface area contributed by atoms with Gasteiger partial charge in [-0.05, 0) is 89.1 Å². The van der Waals surface area contributed by atoms with E-state index in [1.165, 1.54) is 0 Å². The Hall–Kier alpha value is -2.49. The van der Waals surface area contributed by atoms with Crippen molar-refractivity contribution in [2.24, 2.45) is 5.92 Å². The first-order chi connectivity index (χ1) is 18.4. The van der Waals surface area contributed by atoms with E-state index < -0.39 is 15.6 Å². The van der Waals surface area contributed by atoms with Gasteiger partial charge in [-0.15, -0.1) is 11.3 Å². The fourth-order valence-electron chi connectivity index (χ4n) is 5.54. The van der Waals surface area contributed by atoms with E-state index in [1.54, 1.807) is 32.7 Å². The van der Waals surface area contributed by atoms with Crippen molar-refractivity contribution in [1.29, 1.82) is 0 Å². The Kier molecular flexibility index (Phi) is 7.79. The molecule has 2 atom stereocenters. The van der Waals surface area contributed by atoms with Gasteiger partial charge < -0.3 is 9.64 Å². The average Bonchev–Trinajstić information content (AvgIpc) is 3.31. The fraction of sp³-hybridized carbons (Fsp3) is 0.533. The summed E-state index contributed by atoms with van der Waals surface area (Å²) in [5.41, 5.74) is 2.47. The number of amides is 1. The monoisotopic (exact) mass is 569 g/mol. The summed E-state index contributed by atoms with van der Waals surface area (Å²) >= 11 is 1.71. The number of piperidine rings is 2. The molecule has 1 aromatic heterocycles. The van der Waals surface area contributed by atoms with Crippen LogP contribution in [0, 0.1) is 12.8 Å². The van der Waals surface area contributed by atoms with Gasteiger partial charge in [0, 0.05) is 25.6 Å². The molecule has 1 unspecified atom stereocenters. The number of thiazole rings is 1. The van der Waals surface area contributed by atoms with E-state index in [9.17, 15) is 13.2 Å². The van der Waals surface area contributed by atoms with Gasteiger partial charge in [0.1, 0.15) is 5.60 Å². The highest BCUT2D eigenvalue weighted by Gasteiger charge is 2.37. The molecule has 0 radical (unpaired) electrons. The Bertz CT molecular complexity index is 1440. The molecular formula is C30H39N3O4S2. The maximum absolute atomic E-state index is 13.7. The quantitative estimate of drug-likeness (QED) is 0.342. The van der Waals surface area contributed by atoms with Crippen LogP contribution >= 0.6 is 11.3 Å². The number of hydrogen-bond donors (Lipinski definition) is 0. The topological polar surface area (TPSA) is 79.8 Å². The Morgan fingerprint density at radius 2 is 1.72 bits per heavy atom. The number of aromatic nitrogens is 1. The second-order valence-electron chi connectivity index (χ2n) is 12.1. The molecule has 0 aliphatic carbocycles. The van der Waals surface area contributed by atoms with Crippen LogP contribution in [0.3, 0.4) is 0 Å². The van der Waals surface area contributed by atoms with Crippen LogP contribution < -0.4 is 0 Å². The summed E-state index contributed by atoms with van der Waals surface area (Å²) in [6.45, 7) is 11.6. The average molecular weight is 570 g/mol. The number of fused-ring (bicyclic) bond motifs is 1. The van der Waals surface area contributed by atoms with Crippen LogP contribution in [0.25, 0.3) is 10.2 Å². The van der Waals surface area contributed by atoms with E-state index in [1.807, 2.05) is 39.8 Å². The first-order valence-electron chi connectivity index (χ1n) is 13.9. The largest absolute Gasteiger partial charge is 0.444 e. The molecule has 0 spiro atoms. The normalized spacial score (nSPS) is 21.8. The number of likely N-dealkylation sites (tertiary alicyclic amines) is 1. The van der Waals surface area contributed by atoms with Crippen molar-refractivity contribution in [3.63, 3.8) is 0 Å². The molecule has 2 saturated heterocycles. The second kappa shape index (κ2) is 10.8. The first-order valence-corrected chi connectivity index (χ1v) is 16.1. The highest BCUT2D eigenvalue weighted by molar-refractivity contribution is 7.89. The summed E-state index contributed by atoms with van der Waals surface area (Å²) in [4.78, 5) is 19.6. The van der Waals surface area contributed by atoms with E-state index in [0.717, 1.165) is 52.0 Å². The molecule has 7 nitrogen and oxygen atoms in total. The molecular weight excluding hydrogens is 530 g/mol. The third-order valence-electron chi connectivity index (χ3n) is 7.71. The summed E-state index contributed by atoms with van der Waals surface area (Å²) < 4.78 is 35.8. The van der Waals surface area contributed by atoms with Crippen LogP contribution in [0.5, 0.6) is 0 Å². The van der Waals surface area contributed by atoms with Gasteiger partial charge in [0.2, 0.25) is 10.0 Å². The van der Waals surface area contributed by atoms with Crippen molar-refractivity contribution in [3.8, 4) is 0 Å². The maximum Gasteiger partial charge on any atom is 0.410 e. The molecule has 2 aromatic carbocycles. The van der Waals surface area contributed by atoms with Crippen molar-refractivity contribution < 1.29 is 17.9 Å². The Morgan fingerprint density at radius 3 is 2.38 bits per heavy atom. The van der Waals surface area contributed by atoms with E-state index >= 15 is 0 Å². The van der Waals surface area contributed by atoms with Gasteiger partial charge >= 0.3 is 6.09 Å². The molecule has 9 heteroatoms. The van der Waals surface area contributed by atoms with Crippen LogP contribution in [0.15, 0.2) is 47.4 Å². The lowest BCUT2D eigenvalue weighted by Crippen LogP contribution is -2.41.